The van der Waals surface area contributed by atoms with Crippen LogP contribution in [0.25, 0.3) is 16.9 Å². The van der Waals surface area contributed by atoms with Crippen LogP contribution < -0.4 is 10.1 Å². The Labute approximate surface area is 166 Å². The van der Waals surface area contributed by atoms with Gasteiger partial charge in [0.15, 0.2) is 23.1 Å². The molecule has 4 aromatic rings. The predicted molar refractivity (Wildman–Crippen MR) is 111 cm³/mol. The summed E-state index contributed by atoms with van der Waals surface area (Å²) in [7, 11) is 0. The molecule has 0 aliphatic rings. The van der Waals surface area contributed by atoms with E-state index in [-0.39, 0.29) is 12.5 Å². The number of anilines is 1. The van der Waals surface area contributed by atoms with Crippen molar-refractivity contribution in [2.75, 3.05) is 11.9 Å². The minimum atomic E-state index is -0.257. The number of hydrogen-bond acceptors (Lipinski definition) is 5. The lowest BCUT2D eigenvalue weighted by Gasteiger charge is -2.06. The maximum atomic E-state index is 12.3. The van der Waals surface area contributed by atoms with E-state index in [0.717, 1.165) is 23.4 Å². The van der Waals surface area contributed by atoms with Crippen molar-refractivity contribution in [3.63, 3.8) is 0 Å². The first-order valence-corrected chi connectivity index (χ1v) is 9.92. The number of rotatable bonds is 6. The van der Waals surface area contributed by atoms with Gasteiger partial charge in [-0.05, 0) is 31.0 Å². The van der Waals surface area contributed by atoms with Crippen molar-refractivity contribution in [2.24, 2.45) is 0 Å². The number of benzene rings is 1. The molecule has 0 radical (unpaired) electrons. The van der Waals surface area contributed by atoms with Gasteiger partial charge in [0, 0.05) is 23.3 Å². The highest BCUT2D eigenvalue weighted by atomic mass is 32.1. The molecule has 142 valence electrons. The lowest BCUT2D eigenvalue weighted by Crippen LogP contribution is -2.20. The molecule has 0 spiro atoms. The molecular weight excluding hydrogens is 372 g/mol. The zero-order valence-corrected chi connectivity index (χ0v) is 16.5. The van der Waals surface area contributed by atoms with Crippen molar-refractivity contribution in [1.82, 2.24) is 14.4 Å². The van der Waals surface area contributed by atoms with Crippen LogP contribution in [0.1, 0.15) is 18.2 Å². The van der Waals surface area contributed by atoms with Crippen molar-refractivity contribution in [3.8, 4) is 17.0 Å². The third kappa shape index (κ3) is 3.89. The number of pyridine rings is 1. The van der Waals surface area contributed by atoms with Crippen LogP contribution in [-0.2, 0) is 11.2 Å². The summed E-state index contributed by atoms with van der Waals surface area (Å²) >= 11 is 1.40. The van der Waals surface area contributed by atoms with Crippen LogP contribution in [0.3, 0.4) is 0 Å². The van der Waals surface area contributed by atoms with E-state index >= 15 is 0 Å². The SMILES string of the molecule is CCc1ccc(-c2csc(NC(=O)COc3cccn4cc(C)nc34)n2)cc1. The van der Waals surface area contributed by atoms with Crippen molar-refractivity contribution >= 4 is 28.0 Å². The molecule has 0 unspecified atom stereocenters. The summed E-state index contributed by atoms with van der Waals surface area (Å²) in [6.07, 6.45) is 4.81. The number of fused-ring (bicyclic) bond motifs is 1. The molecule has 0 saturated heterocycles. The van der Waals surface area contributed by atoms with Gasteiger partial charge in [-0.1, -0.05) is 31.2 Å². The average Bonchev–Trinajstić information content (AvgIpc) is 3.32. The highest BCUT2D eigenvalue weighted by molar-refractivity contribution is 7.14. The number of hydrogen-bond donors (Lipinski definition) is 1. The molecule has 0 aliphatic carbocycles. The van der Waals surface area contributed by atoms with Gasteiger partial charge in [-0.2, -0.15) is 0 Å². The lowest BCUT2D eigenvalue weighted by molar-refractivity contribution is -0.118. The molecule has 3 aromatic heterocycles. The maximum Gasteiger partial charge on any atom is 0.264 e. The quantitative estimate of drug-likeness (QED) is 0.530. The molecule has 3 heterocycles. The molecule has 0 saturated carbocycles. The minimum Gasteiger partial charge on any atom is -0.480 e. The molecule has 1 aromatic carbocycles. The number of aryl methyl sites for hydroxylation is 2. The third-order valence-corrected chi connectivity index (χ3v) is 5.09. The van der Waals surface area contributed by atoms with Crippen LogP contribution in [0.4, 0.5) is 5.13 Å². The standard InChI is InChI=1S/C21H20N4O2S/c1-3-15-6-8-16(9-7-15)17-13-28-21(23-17)24-19(26)12-27-18-5-4-10-25-11-14(2)22-20(18)25/h4-11,13H,3,12H2,1-2H3,(H,23,24,26). The van der Waals surface area contributed by atoms with Gasteiger partial charge in [0.25, 0.3) is 5.91 Å². The molecule has 28 heavy (non-hydrogen) atoms. The smallest absolute Gasteiger partial charge is 0.264 e. The molecule has 0 bridgehead atoms. The number of amides is 1. The number of ether oxygens (including phenoxy) is 1. The lowest BCUT2D eigenvalue weighted by atomic mass is 10.1. The van der Waals surface area contributed by atoms with Crippen LogP contribution in [0.2, 0.25) is 0 Å². The highest BCUT2D eigenvalue weighted by Gasteiger charge is 2.11. The number of thiazole rings is 1. The summed E-state index contributed by atoms with van der Waals surface area (Å²) in [6.45, 7) is 3.94. The second-order valence-electron chi connectivity index (χ2n) is 6.41. The minimum absolute atomic E-state index is 0.105. The van der Waals surface area contributed by atoms with E-state index in [1.165, 1.54) is 16.9 Å². The van der Waals surface area contributed by atoms with E-state index in [1.54, 1.807) is 6.07 Å². The van der Waals surface area contributed by atoms with Gasteiger partial charge < -0.3 is 9.14 Å². The van der Waals surface area contributed by atoms with Gasteiger partial charge in [0.2, 0.25) is 0 Å². The fourth-order valence-electron chi connectivity index (χ4n) is 2.90. The molecule has 0 aliphatic heterocycles. The Hall–Kier alpha value is -3.19. The van der Waals surface area contributed by atoms with Gasteiger partial charge in [-0.3, -0.25) is 10.1 Å². The number of nitrogens with zero attached hydrogens (tertiary/aromatic N) is 3. The van der Waals surface area contributed by atoms with Gasteiger partial charge in [0.1, 0.15) is 0 Å². The molecule has 7 heteroatoms. The second kappa shape index (κ2) is 7.82. The molecule has 1 N–H and O–H groups in total. The van der Waals surface area contributed by atoms with Crippen LogP contribution in [0, 0.1) is 6.92 Å². The molecule has 6 nitrogen and oxygen atoms in total. The predicted octanol–water partition coefficient (Wildman–Crippen LogP) is 4.35. The van der Waals surface area contributed by atoms with E-state index in [9.17, 15) is 4.79 Å². The van der Waals surface area contributed by atoms with E-state index in [2.05, 4.69) is 46.5 Å². The highest BCUT2D eigenvalue weighted by Crippen LogP contribution is 2.25. The first-order chi connectivity index (χ1) is 13.6. The Balaban J connectivity index is 1.39. The Kier molecular flexibility index (Phi) is 5.08. The number of nitrogens with one attached hydrogen (secondary N) is 1. The summed E-state index contributed by atoms with van der Waals surface area (Å²) in [5.41, 5.74) is 4.75. The van der Waals surface area contributed by atoms with E-state index in [4.69, 9.17) is 4.74 Å². The summed E-state index contributed by atoms with van der Waals surface area (Å²) < 4.78 is 7.54. The fourth-order valence-corrected chi connectivity index (χ4v) is 3.63. The number of imidazole rings is 1. The van der Waals surface area contributed by atoms with Crippen LogP contribution in [-0.4, -0.2) is 26.9 Å². The van der Waals surface area contributed by atoms with E-state index in [0.29, 0.717) is 16.5 Å². The summed E-state index contributed by atoms with van der Waals surface area (Å²) in [5.74, 6) is 0.314. The largest absolute Gasteiger partial charge is 0.480 e. The topological polar surface area (TPSA) is 68.5 Å². The number of carbonyl (C=O) groups excluding carboxylic acids is 1. The first kappa shape index (κ1) is 18.2. The summed E-state index contributed by atoms with van der Waals surface area (Å²) in [6, 6.07) is 12.0. The maximum absolute atomic E-state index is 12.3. The Bertz CT molecular complexity index is 1120. The first-order valence-electron chi connectivity index (χ1n) is 9.04. The number of carbonyl (C=O) groups is 1. The monoisotopic (exact) mass is 392 g/mol. The Morgan fingerprint density at radius 3 is 2.82 bits per heavy atom. The average molecular weight is 392 g/mol. The summed E-state index contributed by atoms with van der Waals surface area (Å²) in [5, 5.41) is 5.28. The van der Waals surface area contributed by atoms with Crippen LogP contribution >= 0.6 is 11.3 Å². The zero-order valence-electron chi connectivity index (χ0n) is 15.7. The molecule has 4 rings (SSSR count). The molecule has 1 amide bonds. The van der Waals surface area contributed by atoms with Gasteiger partial charge in [-0.15, -0.1) is 11.3 Å². The van der Waals surface area contributed by atoms with Gasteiger partial charge in [-0.25, -0.2) is 9.97 Å². The van der Waals surface area contributed by atoms with E-state index < -0.39 is 0 Å². The molecule has 0 atom stereocenters. The van der Waals surface area contributed by atoms with E-state index in [1.807, 2.05) is 35.2 Å². The van der Waals surface area contributed by atoms with Crippen molar-refractivity contribution < 1.29 is 9.53 Å². The third-order valence-electron chi connectivity index (χ3n) is 4.33. The van der Waals surface area contributed by atoms with Crippen molar-refractivity contribution in [3.05, 3.63) is 65.4 Å². The second-order valence-corrected chi connectivity index (χ2v) is 7.27. The normalized spacial score (nSPS) is 10.9. The Morgan fingerprint density at radius 2 is 2.04 bits per heavy atom. The summed E-state index contributed by atoms with van der Waals surface area (Å²) in [4.78, 5) is 21.2. The molecular formula is C21H20N4O2S. The van der Waals surface area contributed by atoms with Crippen molar-refractivity contribution in [2.45, 2.75) is 20.3 Å². The van der Waals surface area contributed by atoms with Crippen molar-refractivity contribution in [1.29, 1.82) is 0 Å². The van der Waals surface area contributed by atoms with Gasteiger partial charge >= 0.3 is 0 Å². The van der Waals surface area contributed by atoms with Crippen LogP contribution in [0.5, 0.6) is 5.75 Å². The van der Waals surface area contributed by atoms with Crippen LogP contribution in [0.15, 0.2) is 54.2 Å². The Morgan fingerprint density at radius 1 is 1.21 bits per heavy atom. The molecule has 0 fully saturated rings. The number of aromatic nitrogens is 3. The van der Waals surface area contributed by atoms with Gasteiger partial charge in [0.05, 0.1) is 11.4 Å². The fraction of sp³-hybridized carbons (Fsp3) is 0.190. The zero-order chi connectivity index (χ0) is 19.5.